The number of aromatic nitrogens is 1. The molecule has 4 N–H and O–H groups in total. The predicted octanol–water partition coefficient (Wildman–Crippen LogP) is 4.07. The second kappa shape index (κ2) is 7.10. The van der Waals surface area contributed by atoms with Gasteiger partial charge < -0.3 is 25.3 Å². The number of nitrogens with zero attached hydrogens (tertiary/aromatic N) is 1. The van der Waals surface area contributed by atoms with E-state index in [4.69, 9.17) is 4.74 Å². The molecule has 4 aliphatic carbocycles. The number of phenolic OH excluding ortho intramolecular Hbond substituents is 1. The Morgan fingerprint density at radius 2 is 1.97 bits per heavy atom. The Morgan fingerprint density at radius 3 is 2.81 bits per heavy atom. The highest BCUT2D eigenvalue weighted by Gasteiger charge is 2.72. The molecule has 6 nitrogen and oxygen atoms in total. The molecule has 2 bridgehead atoms. The number of hydrogen-bond donors (Lipinski definition) is 4. The highest BCUT2D eigenvalue weighted by atomic mass is 16.5. The van der Waals surface area contributed by atoms with Crippen LogP contribution in [0.2, 0.25) is 0 Å². The van der Waals surface area contributed by atoms with Crippen LogP contribution in [0.25, 0.3) is 10.9 Å². The summed E-state index contributed by atoms with van der Waals surface area (Å²) < 4.78 is 6.72. The second-order valence-electron chi connectivity index (χ2n) is 12.9. The summed E-state index contributed by atoms with van der Waals surface area (Å²) in [6.45, 7) is 4.04. The van der Waals surface area contributed by atoms with Gasteiger partial charge in [0, 0.05) is 42.0 Å². The molecule has 6 aliphatic rings. The van der Waals surface area contributed by atoms with Gasteiger partial charge in [0.05, 0.1) is 16.7 Å². The van der Waals surface area contributed by atoms with Crippen molar-refractivity contribution in [2.24, 2.45) is 11.8 Å². The maximum Gasteiger partial charge on any atom is 0.166 e. The minimum atomic E-state index is -0.931. The van der Waals surface area contributed by atoms with Gasteiger partial charge >= 0.3 is 0 Å². The second-order valence-corrected chi connectivity index (χ2v) is 12.9. The molecule has 4 atom stereocenters. The van der Waals surface area contributed by atoms with Crippen LogP contribution in [0, 0.1) is 11.8 Å². The molecule has 1 aromatic heterocycles. The number of aromatic hydroxyl groups is 1. The summed E-state index contributed by atoms with van der Waals surface area (Å²) in [6.07, 6.45) is 7.34. The number of fused-ring (bicyclic) bond motifs is 4. The van der Waals surface area contributed by atoms with Gasteiger partial charge in [-0.15, -0.1) is 0 Å². The predicted molar refractivity (Wildman–Crippen MR) is 141 cm³/mol. The first-order valence-electron chi connectivity index (χ1n) is 14.4. The molecular weight excluding hydrogens is 462 g/mol. The molecule has 2 aliphatic heterocycles. The van der Waals surface area contributed by atoms with Crippen LogP contribution in [-0.4, -0.2) is 51.4 Å². The van der Waals surface area contributed by atoms with Crippen molar-refractivity contribution in [2.75, 3.05) is 19.6 Å². The number of phenols is 1. The highest BCUT2D eigenvalue weighted by Crippen LogP contribution is 2.69. The molecule has 37 heavy (non-hydrogen) atoms. The number of aromatic amines is 1. The summed E-state index contributed by atoms with van der Waals surface area (Å²) >= 11 is 0. The van der Waals surface area contributed by atoms with Crippen molar-refractivity contribution in [2.45, 2.75) is 74.7 Å². The van der Waals surface area contributed by atoms with Crippen LogP contribution in [0.15, 0.2) is 30.3 Å². The first-order valence-corrected chi connectivity index (χ1v) is 14.4. The summed E-state index contributed by atoms with van der Waals surface area (Å²) in [5.74, 6) is 2.45. The molecule has 192 valence electrons. The lowest BCUT2D eigenvalue weighted by molar-refractivity contribution is -0.173. The fourth-order valence-electron chi connectivity index (χ4n) is 8.52. The Labute approximate surface area is 217 Å². The first-order chi connectivity index (χ1) is 18.0. The van der Waals surface area contributed by atoms with E-state index in [1.807, 2.05) is 0 Å². The lowest BCUT2D eigenvalue weighted by Gasteiger charge is -2.62. The molecule has 1 saturated heterocycles. The minimum Gasteiger partial charge on any atom is -0.504 e. The topological polar surface area (TPSA) is 80.8 Å². The molecule has 0 amide bonds. The maximum absolute atomic E-state index is 13.0. The van der Waals surface area contributed by atoms with Gasteiger partial charge in [0.25, 0.3) is 0 Å². The highest BCUT2D eigenvalue weighted by molar-refractivity contribution is 5.87. The van der Waals surface area contributed by atoms with E-state index in [0.29, 0.717) is 12.2 Å². The van der Waals surface area contributed by atoms with Crippen molar-refractivity contribution in [3.05, 3.63) is 58.3 Å². The molecule has 3 aromatic rings. The number of benzene rings is 2. The average Bonchev–Trinajstić information content (AvgIpc) is 3.81. The van der Waals surface area contributed by atoms with Gasteiger partial charge in [0.2, 0.25) is 0 Å². The van der Waals surface area contributed by atoms with Crippen LogP contribution < -0.4 is 10.1 Å². The van der Waals surface area contributed by atoms with Gasteiger partial charge in [-0.3, -0.25) is 4.90 Å². The summed E-state index contributed by atoms with van der Waals surface area (Å²) in [5.41, 5.74) is 5.57. The van der Waals surface area contributed by atoms with Crippen LogP contribution in [0.4, 0.5) is 0 Å². The van der Waals surface area contributed by atoms with Gasteiger partial charge in [-0.2, -0.15) is 0 Å². The van der Waals surface area contributed by atoms with Gasteiger partial charge in [-0.25, -0.2) is 0 Å². The quantitative estimate of drug-likeness (QED) is 0.413. The fourth-order valence-corrected chi connectivity index (χ4v) is 8.52. The molecule has 6 heteroatoms. The van der Waals surface area contributed by atoms with Crippen molar-refractivity contribution in [3.8, 4) is 11.5 Å². The zero-order chi connectivity index (χ0) is 24.5. The monoisotopic (exact) mass is 497 g/mol. The Hall–Kier alpha value is -2.54. The number of hydrogen-bond acceptors (Lipinski definition) is 5. The Bertz CT molecular complexity index is 1460. The zero-order valence-electron chi connectivity index (χ0n) is 21.2. The fraction of sp³-hybridized carbons (Fsp3) is 0.548. The van der Waals surface area contributed by atoms with Gasteiger partial charge in [0.15, 0.2) is 17.6 Å². The molecule has 1 spiro atoms. The molecule has 3 heterocycles. The Morgan fingerprint density at radius 1 is 1.11 bits per heavy atom. The zero-order valence-corrected chi connectivity index (χ0v) is 21.2. The smallest absolute Gasteiger partial charge is 0.166 e. The Kier molecular flexibility index (Phi) is 4.11. The molecular formula is C31H35N3O3. The lowest BCUT2D eigenvalue weighted by Crippen LogP contribution is -2.74. The van der Waals surface area contributed by atoms with Gasteiger partial charge in [-0.1, -0.05) is 12.1 Å². The van der Waals surface area contributed by atoms with Gasteiger partial charge in [0.1, 0.15) is 0 Å². The largest absolute Gasteiger partial charge is 0.504 e. The van der Waals surface area contributed by atoms with E-state index in [2.05, 4.69) is 39.5 Å². The number of nitrogens with one attached hydrogen (secondary N) is 2. The van der Waals surface area contributed by atoms with Crippen LogP contribution >= 0.6 is 0 Å². The SMILES string of the molecule is Oc1ccc2c3c1OC1c4[nH]c5ccc(CNCC6CC6)cc5c4CC4(O)C(C2)N(CC2CC2)CCC314. The number of likely N-dealkylation sites (tertiary alicyclic amines) is 1. The lowest BCUT2D eigenvalue weighted by atomic mass is 9.49. The van der Waals surface area contributed by atoms with E-state index >= 15 is 0 Å². The minimum absolute atomic E-state index is 0.0671. The number of ether oxygens (including phenoxy) is 1. The third-order valence-electron chi connectivity index (χ3n) is 10.7. The van der Waals surface area contributed by atoms with Crippen LogP contribution in [-0.2, 0) is 24.8 Å². The van der Waals surface area contributed by atoms with E-state index in [9.17, 15) is 10.2 Å². The van der Waals surface area contributed by atoms with Crippen molar-refractivity contribution in [3.63, 3.8) is 0 Å². The van der Waals surface area contributed by atoms with Gasteiger partial charge in [-0.05, 0) is 98.3 Å². The third kappa shape index (κ3) is 2.76. The molecule has 0 radical (unpaired) electrons. The molecule has 2 aromatic carbocycles. The van der Waals surface area contributed by atoms with E-state index < -0.39 is 11.0 Å². The summed E-state index contributed by atoms with van der Waals surface area (Å²) in [7, 11) is 0. The number of H-pyrrole nitrogens is 1. The van der Waals surface area contributed by atoms with Crippen LogP contribution in [0.5, 0.6) is 11.5 Å². The molecule has 3 fully saturated rings. The molecule has 9 rings (SSSR count). The third-order valence-corrected chi connectivity index (χ3v) is 10.7. The van der Waals surface area contributed by atoms with Crippen molar-refractivity contribution in [1.82, 2.24) is 15.2 Å². The average molecular weight is 498 g/mol. The van der Waals surface area contributed by atoms with E-state index in [1.54, 1.807) is 6.07 Å². The summed E-state index contributed by atoms with van der Waals surface area (Å²) in [4.78, 5) is 6.33. The van der Waals surface area contributed by atoms with E-state index in [0.717, 1.165) is 67.6 Å². The van der Waals surface area contributed by atoms with E-state index in [-0.39, 0.29) is 17.9 Å². The molecule has 4 unspecified atom stereocenters. The normalized spacial score (nSPS) is 33.3. The van der Waals surface area contributed by atoms with Crippen molar-refractivity contribution in [1.29, 1.82) is 0 Å². The summed E-state index contributed by atoms with van der Waals surface area (Å²) in [6, 6.07) is 10.7. The first kappa shape index (κ1) is 21.4. The van der Waals surface area contributed by atoms with Crippen LogP contribution in [0.1, 0.15) is 66.2 Å². The number of rotatable bonds is 6. The van der Waals surface area contributed by atoms with Crippen molar-refractivity contribution >= 4 is 10.9 Å². The molecule has 2 saturated carbocycles. The van der Waals surface area contributed by atoms with Crippen LogP contribution in [0.3, 0.4) is 0 Å². The maximum atomic E-state index is 13.0. The Balaban J connectivity index is 1.20. The van der Waals surface area contributed by atoms with E-state index in [1.165, 1.54) is 47.8 Å². The number of piperidine rings is 1. The number of aliphatic hydroxyl groups is 1. The van der Waals surface area contributed by atoms with Crippen molar-refractivity contribution < 1.29 is 14.9 Å². The standard InChI is InChI=1S/C31H35N3O3/c35-24-8-6-20-12-25-31(36)13-22-21-11-19(15-32-14-17-1-2-17)5-7-23(21)33-27(22)29-30(31,26(20)28(24)37-29)9-10-34(25)16-18-3-4-18/h5-8,11,17-18,25,29,32-33,35-36H,1-4,9-10,12-16H2. The summed E-state index contributed by atoms with van der Waals surface area (Å²) in [5, 5.41) is 28.7.